The largest absolute Gasteiger partial charge is 0.508 e. The Hall–Kier alpha value is -2.90. The number of aliphatic hydroxyl groups excluding tert-OH is 3. The van der Waals surface area contributed by atoms with E-state index in [1.807, 2.05) is 42.8 Å². The highest BCUT2D eigenvalue weighted by atomic mass is 16.7. The Morgan fingerprint density at radius 1 is 1.03 bits per heavy atom. The van der Waals surface area contributed by atoms with Crippen LogP contribution in [0.3, 0.4) is 0 Å². The zero-order chi connectivity index (χ0) is 27.9. The molecule has 12 nitrogen and oxygen atoms in total. The molecule has 1 aromatic carbocycles. The van der Waals surface area contributed by atoms with Gasteiger partial charge in [0.25, 0.3) is 0 Å². The third-order valence-electron chi connectivity index (χ3n) is 6.91. The van der Waals surface area contributed by atoms with Gasteiger partial charge in [0.15, 0.2) is 0 Å². The number of aliphatic hydroxyl groups is 3. The molecule has 0 unspecified atom stereocenters. The summed E-state index contributed by atoms with van der Waals surface area (Å²) in [5.41, 5.74) is 2.69. The molecule has 4 rings (SSSR count). The summed E-state index contributed by atoms with van der Waals surface area (Å²) in [6.45, 7) is 7.07. The number of carbonyl (C=O) groups is 1. The summed E-state index contributed by atoms with van der Waals surface area (Å²) in [5.74, 6) is 1.01. The second-order valence-corrected chi connectivity index (χ2v) is 9.54. The van der Waals surface area contributed by atoms with Crippen LogP contribution in [0.5, 0.6) is 11.6 Å². The van der Waals surface area contributed by atoms with E-state index < -0.39 is 43.5 Å². The van der Waals surface area contributed by atoms with E-state index >= 15 is 0 Å². The highest BCUT2D eigenvalue weighted by Crippen LogP contribution is 2.33. The van der Waals surface area contributed by atoms with Crippen molar-refractivity contribution in [1.29, 1.82) is 0 Å². The van der Waals surface area contributed by atoms with Crippen molar-refractivity contribution in [3.8, 4) is 11.6 Å². The van der Waals surface area contributed by atoms with Crippen molar-refractivity contribution < 1.29 is 48.5 Å². The highest BCUT2D eigenvalue weighted by Gasteiger charge is 2.46. The Morgan fingerprint density at radius 2 is 1.74 bits per heavy atom. The summed E-state index contributed by atoms with van der Waals surface area (Å²) in [6, 6.07) is 7.85. The molecule has 0 saturated carbocycles. The van der Waals surface area contributed by atoms with Gasteiger partial charge in [0.05, 0.1) is 19.3 Å². The number of ether oxygens (including phenoxy) is 6. The van der Waals surface area contributed by atoms with E-state index in [1.54, 1.807) is 6.92 Å². The summed E-state index contributed by atoms with van der Waals surface area (Å²) in [7, 11) is 0. The summed E-state index contributed by atoms with van der Waals surface area (Å²) in [5, 5.41) is 36.3. The molecule has 0 radical (unpaired) electrons. The van der Waals surface area contributed by atoms with Crippen molar-refractivity contribution in [2.75, 3.05) is 33.0 Å². The highest BCUT2D eigenvalue weighted by molar-refractivity contribution is 5.59. The number of hydrogen-bond donors (Lipinski definition) is 3. The first-order valence-corrected chi connectivity index (χ1v) is 13.4. The third kappa shape index (κ3) is 7.00. The fourth-order valence-corrected chi connectivity index (χ4v) is 4.76. The zero-order valence-corrected chi connectivity index (χ0v) is 22.5. The van der Waals surface area contributed by atoms with Gasteiger partial charge in [-0.1, -0.05) is 12.1 Å². The Morgan fingerprint density at radius 3 is 2.41 bits per heavy atom. The fourth-order valence-electron chi connectivity index (χ4n) is 4.76. The molecule has 216 valence electrons. The molecule has 0 spiro atoms. The molecule has 12 heteroatoms. The molecule has 2 aliphatic heterocycles. The number of hydrogen-bond acceptors (Lipinski definition) is 11. The van der Waals surface area contributed by atoms with Crippen molar-refractivity contribution >= 4 is 6.16 Å². The van der Waals surface area contributed by atoms with Gasteiger partial charge in [0, 0.05) is 30.9 Å². The monoisotopic (exact) mass is 550 g/mol. The van der Waals surface area contributed by atoms with Gasteiger partial charge in [-0.15, -0.1) is 5.10 Å². The van der Waals surface area contributed by atoms with E-state index in [0.29, 0.717) is 26.2 Å². The van der Waals surface area contributed by atoms with Gasteiger partial charge < -0.3 is 43.7 Å². The van der Waals surface area contributed by atoms with E-state index in [1.165, 1.54) is 0 Å². The Balaban J connectivity index is 1.58. The standard InChI is InChI=1S/C27H38N2O10/c1-4-35-19-8-6-17(7-9-19)14-20-16(3)29(18-10-12-34-13-11-18)28-25(20)39-26-24(32)23(31)22(30)21(38-26)15-37-27(33)36-5-2/h6-9,18,21-24,26,30-32H,4-5,10-15H2,1-3H3/t21-,22-,23+,24-,26+/m1/s1. The maximum atomic E-state index is 11.6. The minimum atomic E-state index is -1.60. The Labute approximate surface area is 227 Å². The van der Waals surface area contributed by atoms with Gasteiger partial charge in [-0.2, -0.15) is 0 Å². The van der Waals surface area contributed by atoms with Gasteiger partial charge >= 0.3 is 6.16 Å². The summed E-state index contributed by atoms with van der Waals surface area (Å²) in [4.78, 5) is 11.6. The Kier molecular flexibility index (Phi) is 10.0. The van der Waals surface area contributed by atoms with E-state index in [2.05, 4.69) is 0 Å². The van der Waals surface area contributed by atoms with Gasteiger partial charge in [-0.3, -0.25) is 4.68 Å². The number of nitrogens with zero attached hydrogens (tertiary/aromatic N) is 2. The van der Waals surface area contributed by atoms with Crippen LogP contribution in [0.15, 0.2) is 24.3 Å². The molecule has 5 atom stereocenters. The Bertz CT molecular complexity index is 1070. The molecule has 3 N–H and O–H groups in total. The molecule has 2 saturated heterocycles. The van der Waals surface area contributed by atoms with E-state index in [-0.39, 0.29) is 18.5 Å². The minimum Gasteiger partial charge on any atom is -0.494 e. The van der Waals surface area contributed by atoms with Crippen LogP contribution < -0.4 is 9.47 Å². The lowest BCUT2D eigenvalue weighted by atomic mass is 9.99. The molecule has 39 heavy (non-hydrogen) atoms. The van der Waals surface area contributed by atoms with E-state index in [9.17, 15) is 20.1 Å². The van der Waals surface area contributed by atoms with E-state index in [0.717, 1.165) is 35.4 Å². The van der Waals surface area contributed by atoms with Crippen molar-refractivity contribution in [3.63, 3.8) is 0 Å². The SMILES string of the molecule is CCOC(=O)OC[C@H]1O[C@@H](Oc2nn(C3CCOCC3)c(C)c2Cc2ccc(OCC)cc2)[C@H](O)[C@@H](O)[C@@H]1O. The molecule has 0 amide bonds. The number of benzene rings is 1. The summed E-state index contributed by atoms with van der Waals surface area (Å²) < 4.78 is 34.5. The van der Waals surface area contributed by atoms with Crippen molar-refractivity contribution in [1.82, 2.24) is 9.78 Å². The lowest BCUT2D eigenvalue weighted by Gasteiger charge is -2.39. The first-order valence-electron chi connectivity index (χ1n) is 13.4. The predicted octanol–water partition coefficient (Wildman–Crippen LogP) is 1.89. The average molecular weight is 551 g/mol. The lowest BCUT2D eigenvalue weighted by molar-refractivity contribution is -0.278. The predicted molar refractivity (Wildman–Crippen MR) is 137 cm³/mol. The molecule has 2 fully saturated rings. The van der Waals surface area contributed by atoms with Crippen molar-refractivity contribution in [3.05, 3.63) is 41.1 Å². The molecular weight excluding hydrogens is 512 g/mol. The van der Waals surface area contributed by atoms with Gasteiger partial charge in [0.2, 0.25) is 12.2 Å². The lowest BCUT2D eigenvalue weighted by Crippen LogP contribution is -2.60. The van der Waals surface area contributed by atoms with Crippen LogP contribution in [-0.4, -0.2) is 95.0 Å². The first kappa shape index (κ1) is 29.1. The van der Waals surface area contributed by atoms with Gasteiger partial charge in [-0.25, -0.2) is 4.79 Å². The average Bonchev–Trinajstić information content (AvgIpc) is 3.24. The second-order valence-electron chi connectivity index (χ2n) is 9.54. The van der Waals surface area contributed by atoms with Crippen LogP contribution in [0.25, 0.3) is 0 Å². The zero-order valence-electron chi connectivity index (χ0n) is 22.5. The minimum absolute atomic E-state index is 0.116. The second kappa shape index (κ2) is 13.4. The van der Waals surface area contributed by atoms with Crippen LogP contribution in [-0.2, 0) is 25.4 Å². The number of aromatic nitrogens is 2. The van der Waals surface area contributed by atoms with Crippen LogP contribution >= 0.6 is 0 Å². The van der Waals surface area contributed by atoms with Crippen molar-refractivity contribution in [2.24, 2.45) is 0 Å². The smallest absolute Gasteiger partial charge is 0.494 e. The molecular formula is C27H38N2O10. The summed E-state index contributed by atoms with van der Waals surface area (Å²) >= 11 is 0. The van der Waals surface area contributed by atoms with Gasteiger partial charge in [0.1, 0.15) is 36.8 Å². The third-order valence-corrected chi connectivity index (χ3v) is 6.91. The summed E-state index contributed by atoms with van der Waals surface area (Å²) in [6.07, 6.45) is -6.09. The molecule has 1 aromatic heterocycles. The van der Waals surface area contributed by atoms with E-state index in [4.69, 9.17) is 33.5 Å². The first-order chi connectivity index (χ1) is 18.8. The molecule has 0 bridgehead atoms. The fraction of sp³-hybridized carbons (Fsp3) is 0.630. The molecule has 0 aliphatic carbocycles. The molecule has 2 aliphatic rings. The van der Waals surface area contributed by atoms with Crippen LogP contribution in [0, 0.1) is 6.92 Å². The molecule has 3 heterocycles. The maximum Gasteiger partial charge on any atom is 0.508 e. The van der Waals surface area contributed by atoms with Crippen LogP contribution in [0.4, 0.5) is 4.79 Å². The number of carbonyl (C=O) groups excluding carboxylic acids is 1. The number of rotatable bonds is 10. The molecule has 2 aromatic rings. The van der Waals surface area contributed by atoms with Gasteiger partial charge in [-0.05, 0) is 51.3 Å². The normalized spacial score (nSPS) is 25.7. The topological polar surface area (TPSA) is 151 Å². The maximum absolute atomic E-state index is 11.6. The van der Waals surface area contributed by atoms with Crippen molar-refractivity contribution in [2.45, 2.75) is 76.8 Å². The quantitative estimate of drug-likeness (QED) is 0.372. The van der Waals surface area contributed by atoms with Crippen LogP contribution in [0.2, 0.25) is 0 Å². The van der Waals surface area contributed by atoms with Crippen LogP contribution in [0.1, 0.15) is 49.6 Å².